The van der Waals surface area contributed by atoms with Crippen LogP contribution in [0.15, 0.2) is 48.5 Å². The van der Waals surface area contributed by atoms with Crippen LogP contribution in [-0.2, 0) is 0 Å². The van der Waals surface area contributed by atoms with Crippen LogP contribution in [-0.4, -0.2) is 22.3 Å². The topological polar surface area (TPSA) is 60.7 Å². The van der Waals surface area contributed by atoms with Crippen LogP contribution in [0.2, 0.25) is 0 Å². The predicted molar refractivity (Wildman–Crippen MR) is 73.3 cm³/mol. The lowest BCUT2D eigenvalue weighted by Gasteiger charge is -1.99. The fourth-order valence-corrected chi connectivity index (χ4v) is 1.56. The Morgan fingerprint density at radius 1 is 0.722 bits per heavy atom. The van der Waals surface area contributed by atoms with Crippen LogP contribution in [0.3, 0.4) is 0 Å². The van der Waals surface area contributed by atoms with Gasteiger partial charge in [0.05, 0.1) is 0 Å². The Bertz CT molecular complexity index is 530. The summed E-state index contributed by atoms with van der Waals surface area (Å²) in [6.45, 7) is 0. The van der Waals surface area contributed by atoms with Crippen LogP contribution < -0.4 is 5.46 Å². The quantitative estimate of drug-likeness (QED) is 0.558. The van der Waals surface area contributed by atoms with E-state index in [4.69, 9.17) is 15.2 Å². The van der Waals surface area contributed by atoms with E-state index in [0.717, 1.165) is 11.1 Å². The molecule has 0 saturated carbocycles. The summed E-state index contributed by atoms with van der Waals surface area (Å²) in [4.78, 5) is 0. The van der Waals surface area contributed by atoms with Crippen molar-refractivity contribution in [1.82, 2.24) is 0 Å². The molecule has 3 nitrogen and oxygen atoms in total. The lowest BCUT2D eigenvalue weighted by molar-refractivity contribution is 0.426. The number of phenols is 1. The Morgan fingerprint density at radius 3 is 1.61 bits per heavy atom. The molecule has 0 fully saturated rings. The van der Waals surface area contributed by atoms with Crippen LogP contribution in [0, 0.1) is 0 Å². The van der Waals surface area contributed by atoms with Crippen molar-refractivity contribution in [3.05, 3.63) is 59.7 Å². The highest BCUT2D eigenvalue weighted by molar-refractivity contribution is 6.58. The van der Waals surface area contributed by atoms with Crippen LogP contribution >= 0.6 is 0 Å². The van der Waals surface area contributed by atoms with Gasteiger partial charge < -0.3 is 15.2 Å². The smallest absolute Gasteiger partial charge is 0.488 e. The molecule has 0 radical (unpaired) electrons. The number of hydrogen-bond donors (Lipinski definition) is 3. The molecule has 4 heteroatoms. The fraction of sp³-hybridized carbons (Fsp3) is 0. The lowest BCUT2D eigenvalue weighted by atomic mass is 9.80. The highest BCUT2D eigenvalue weighted by atomic mass is 16.4. The number of benzene rings is 2. The summed E-state index contributed by atoms with van der Waals surface area (Å²) in [5.74, 6) is 0.244. The van der Waals surface area contributed by atoms with Gasteiger partial charge in [0, 0.05) is 0 Å². The Labute approximate surface area is 106 Å². The van der Waals surface area contributed by atoms with Gasteiger partial charge in [0.15, 0.2) is 0 Å². The van der Waals surface area contributed by atoms with Gasteiger partial charge in [-0.1, -0.05) is 48.6 Å². The third-order valence-electron chi connectivity index (χ3n) is 2.60. The molecule has 0 spiro atoms. The van der Waals surface area contributed by atoms with E-state index in [1.807, 2.05) is 36.4 Å². The maximum Gasteiger partial charge on any atom is 0.488 e. The van der Waals surface area contributed by atoms with E-state index >= 15 is 0 Å². The number of phenolic OH excluding ortho intramolecular Hbond substituents is 1. The highest BCUT2D eigenvalue weighted by Gasteiger charge is 2.08. The zero-order chi connectivity index (χ0) is 13.0. The maximum atomic E-state index is 9.15. The Morgan fingerprint density at radius 2 is 1.17 bits per heavy atom. The second kappa shape index (κ2) is 5.53. The molecule has 0 unspecified atom stereocenters. The molecule has 0 aromatic heterocycles. The van der Waals surface area contributed by atoms with Crippen molar-refractivity contribution in [2.45, 2.75) is 0 Å². The molecular weight excluding hydrogens is 227 g/mol. The first-order valence-electron chi connectivity index (χ1n) is 5.58. The minimum atomic E-state index is -1.43. The van der Waals surface area contributed by atoms with Gasteiger partial charge in [-0.25, -0.2) is 0 Å². The molecule has 0 saturated heterocycles. The second-order valence-electron chi connectivity index (χ2n) is 3.97. The molecule has 0 aliphatic rings. The fourth-order valence-electron chi connectivity index (χ4n) is 1.56. The largest absolute Gasteiger partial charge is 0.508 e. The van der Waals surface area contributed by atoms with Crippen LogP contribution in [0.25, 0.3) is 12.2 Å². The van der Waals surface area contributed by atoms with Crippen LogP contribution in [0.5, 0.6) is 5.75 Å². The molecule has 2 rings (SSSR count). The van der Waals surface area contributed by atoms with E-state index in [2.05, 4.69) is 0 Å². The average molecular weight is 240 g/mol. The molecule has 90 valence electrons. The summed E-state index contributed by atoms with van der Waals surface area (Å²) in [5, 5.41) is 27.1. The van der Waals surface area contributed by atoms with Gasteiger partial charge in [0.2, 0.25) is 0 Å². The summed E-state index contributed by atoms with van der Waals surface area (Å²) >= 11 is 0. The van der Waals surface area contributed by atoms with Crippen molar-refractivity contribution in [3.63, 3.8) is 0 Å². The summed E-state index contributed by atoms with van der Waals surface area (Å²) in [5.41, 5.74) is 2.42. The highest BCUT2D eigenvalue weighted by Crippen LogP contribution is 2.12. The minimum absolute atomic E-state index is 0.244. The number of rotatable bonds is 3. The van der Waals surface area contributed by atoms with Gasteiger partial charge in [-0.15, -0.1) is 0 Å². The molecular formula is C14H13BO3. The van der Waals surface area contributed by atoms with Gasteiger partial charge in [0.25, 0.3) is 0 Å². The first-order chi connectivity index (χ1) is 8.65. The first kappa shape index (κ1) is 12.4. The minimum Gasteiger partial charge on any atom is -0.508 e. The summed E-state index contributed by atoms with van der Waals surface area (Å²) in [6.07, 6.45) is 3.84. The summed E-state index contributed by atoms with van der Waals surface area (Å²) in [7, 11) is -1.43. The lowest BCUT2D eigenvalue weighted by Crippen LogP contribution is -2.29. The molecule has 0 bridgehead atoms. The third-order valence-corrected chi connectivity index (χ3v) is 2.60. The average Bonchev–Trinajstić information content (AvgIpc) is 2.38. The summed E-state index contributed by atoms with van der Waals surface area (Å²) < 4.78 is 0. The van der Waals surface area contributed by atoms with Crippen LogP contribution in [0.4, 0.5) is 0 Å². The van der Waals surface area contributed by atoms with Crippen LogP contribution in [0.1, 0.15) is 11.1 Å². The van der Waals surface area contributed by atoms with Crippen molar-refractivity contribution in [2.24, 2.45) is 0 Å². The van der Waals surface area contributed by atoms with Gasteiger partial charge in [-0.2, -0.15) is 0 Å². The molecule has 0 aliphatic heterocycles. The molecule has 18 heavy (non-hydrogen) atoms. The van der Waals surface area contributed by atoms with Gasteiger partial charge in [-0.3, -0.25) is 0 Å². The van der Waals surface area contributed by atoms with E-state index < -0.39 is 7.12 Å². The third kappa shape index (κ3) is 3.23. The number of hydrogen-bond acceptors (Lipinski definition) is 3. The molecule has 0 aliphatic carbocycles. The Balaban J connectivity index is 2.11. The monoisotopic (exact) mass is 240 g/mol. The molecule has 0 amide bonds. The normalized spacial score (nSPS) is 10.8. The zero-order valence-electron chi connectivity index (χ0n) is 9.69. The molecule has 3 N–H and O–H groups in total. The van der Waals surface area contributed by atoms with Gasteiger partial charge in [-0.05, 0) is 28.7 Å². The number of aromatic hydroxyl groups is 1. The van der Waals surface area contributed by atoms with Crippen molar-refractivity contribution < 1.29 is 15.2 Å². The molecule has 2 aromatic carbocycles. The molecule has 2 aromatic rings. The molecule has 0 heterocycles. The summed E-state index contributed by atoms with van der Waals surface area (Å²) in [6, 6.07) is 13.9. The van der Waals surface area contributed by atoms with Crippen molar-refractivity contribution in [2.75, 3.05) is 0 Å². The van der Waals surface area contributed by atoms with E-state index in [9.17, 15) is 0 Å². The first-order valence-corrected chi connectivity index (χ1v) is 5.58. The van der Waals surface area contributed by atoms with Gasteiger partial charge in [0.1, 0.15) is 5.75 Å². The Hall–Kier alpha value is -2.04. The second-order valence-corrected chi connectivity index (χ2v) is 3.97. The standard InChI is InChI=1S/C14H13BO3/c16-14-9-5-12(6-10-14)2-1-11-3-7-13(8-4-11)15(17)18/h1-10,16-18H/b2-1+. The van der Waals surface area contributed by atoms with E-state index in [-0.39, 0.29) is 5.75 Å². The molecule has 0 atom stereocenters. The van der Waals surface area contributed by atoms with Crippen molar-refractivity contribution >= 4 is 24.7 Å². The SMILES string of the molecule is OB(O)c1ccc(/C=C/c2ccc(O)cc2)cc1. The van der Waals surface area contributed by atoms with E-state index in [1.165, 1.54) is 0 Å². The van der Waals surface area contributed by atoms with Crippen molar-refractivity contribution in [3.8, 4) is 5.75 Å². The van der Waals surface area contributed by atoms with E-state index in [1.54, 1.807) is 24.3 Å². The maximum absolute atomic E-state index is 9.15. The van der Waals surface area contributed by atoms with Crippen molar-refractivity contribution in [1.29, 1.82) is 0 Å². The predicted octanol–water partition coefficient (Wildman–Crippen LogP) is 1.24. The van der Waals surface area contributed by atoms with Gasteiger partial charge >= 0.3 is 7.12 Å². The zero-order valence-corrected chi connectivity index (χ0v) is 9.69. The van der Waals surface area contributed by atoms with E-state index in [0.29, 0.717) is 5.46 Å². The Kier molecular flexibility index (Phi) is 3.82.